The maximum absolute atomic E-state index is 12.3. The highest BCUT2D eigenvalue weighted by atomic mass is 32.1. The van der Waals surface area contributed by atoms with Crippen molar-refractivity contribution in [3.05, 3.63) is 41.0 Å². The van der Waals surface area contributed by atoms with Crippen LogP contribution in [0.2, 0.25) is 0 Å². The molecule has 0 saturated carbocycles. The minimum Gasteiger partial charge on any atom is -0.355 e. The Labute approximate surface area is 128 Å². The Morgan fingerprint density at radius 2 is 2.43 bits per heavy atom. The van der Waals surface area contributed by atoms with Crippen LogP contribution in [0.3, 0.4) is 0 Å². The maximum atomic E-state index is 12.3. The third kappa shape index (κ3) is 3.58. The zero-order valence-corrected chi connectivity index (χ0v) is 12.6. The lowest BCUT2D eigenvalue weighted by molar-refractivity contribution is -0.125. The fourth-order valence-corrected chi connectivity index (χ4v) is 3.23. The van der Waals surface area contributed by atoms with Crippen molar-refractivity contribution in [2.24, 2.45) is 5.92 Å². The third-order valence-electron chi connectivity index (χ3n) is 3.68. The topological polar surface area (TPSA) is 58.1 Å². The highest BCUT2D eigenvalue weighted by Crippen LogP contribution is 2.21. The summed E-state index contributed by atoms with van der Waals surface area (Å²) in [7, 11) is 0. The van der Waals surface area contributed by atoms with E-state index in [0.717, 1.165) is 31.7 Å². The Balaban J connectivity index is 1.56. The molecule has 1 saturated heterocycles. The van der Waals surface area contributed by atoms with Gasteiger partial charge in [-0.1, -0.05) is 6.07 Å². The largest absolute Gasteiger partial charge is 0.355 e. The summed E-state index contributed by atoms with van der Waals surface area (Å²) in [6.45, 7) is 2.28. The molecule has 2 aromatic rings. The number of thiophene rings is 1. The Morgan fingerprint density at radius 3 is 3.19 bits per heavy atom. The Kier molecular flexibility index (Phi) is 4.45. The number of hydrogen-bond donors (Lipinski definition) is 1. The third-order valence-corrected chi connectivity index (χ3v) is 4.56. The van der Waals surface area contributed by atoms with Crippen LogP contribution in [0.15, 0.2) is 36.1 Å². The zero-order valence-electron chi connectivity index (χ0n) is 11.7. The van der Waals surface area contributed by atoms with Gasteiger partial charge in [-0.3, -0.25) is 9.78 Å². The Morgan fingerprint density at radius 1 is 1.48 bits per heavy atom. The van der Waals surface area contributed by atoms with Crippen LogP contribution < -0.4 is 10.2 Å². The minimum atomic E-state index is 0.0284. The van der Waals surface area contributed by atoms with Gasteiger partial charge in [0.05, 0.1) is 18.7 Å². The van der Waals surface area contributed by atoms with Crippen molar-refractivity contribution in [1.29, 1.82) is 0 Å². The van der Waals surface area contributed by atoms with E-state index in [2.05, 4.69) is 20.2 Å². The number of carbonyl (C=O) groups is 1. The molecule has 0 bridgehead atoms. The molecule has 3 heterocycles. The van der Waals surface area contributed by atoms with Crippen molar-refractivity contribution >= 4 is 23.1 Å². The minimum absolute atomic E-state index is 0.0284. The van der Waals surface area contributed by atoms with Gasteiger partial charge >= 0.3 is 0 Å². The quantitative estimate of drug-likeness (QED) is 0.939. The Hall–Kier alpha value is -1.95. The van der Waals surface area contributed by atoms with E-state index in [4.69, 9.17) is 0 Å². The molecular weight excluding hydrogens is 284 g/mol. The van der Waals surface area contributed by atoms with E-state index in [1.807, 2.05) is 17.5 Å². The van der Waals surface area contributed by atoms with Crippen LogP contribution in [0.25, 0.3) is 0 Å². The molecule has 110 valence electrons. The Bertz CT molecular complexity index is 573. The van der Waals surface area contributed by atoms with Crippen molar-refractivity contribution in [2.75, 3.05) is 18.0 Å². The van der Waals surface area contributed by atoms with E-state index < -0.39 is 0 Å². The summed E-state index contributed by atoms with van der Waals surface area (Å²) in [5.41, 5.74) is 0. The second-order valence-corrected chi connectivity index (χ2v) is 6.18. The predicted octanol–water partition coefficient (Wildman–Crippen LogP) is 2.07. The number of piperidine rings is 1. The predicted molar refractivity (Wildman–Crippen MR) is 83.1 cm³/mol. The number of rotatable bonds is 4. The first kappa shape index (κ1) is 14.0. The second-order valence-electron chi connectivity index (χ2n) is 5.15. The fraction of sp³-hybridized carbons (Fsp3) is 0.400. The number of hydrogen-bond acceptors (Lipinski definition) is 5. The highest BCUT2D eigenvalue weighted by molar-refractivity contribution is 7.09. The molecule has 0 spiro atoms. The first-order valence-corrected chi connectivity index (χ1v) is 8.02. The maximum Gasteiger partial charge on any atom is 0.225 e. The number of amides is 1. The number of anilines is 1. The van der Waals surface area contributed by atoms with Crippen LogP contribution in [-0.4, -0.2) is 29.0 Å². The number of aromatic nitrogens is 2. The molecule has 5 nitrogen and oxygen atoms in total. The van der Waals surface area contributed by atoms with Crippen molar-refractivity contribution in [3.63, 3.8) is 0 Å². The molecule has 1 aliphatic rings. The summed E-state index contributed by atoms with van der Waals surface area (Å²) in [5.74, 6) is 1.02. The molecule has 0 radical (unpaired) electrons. The normalized spacial score (nSPS) is 18.5. The lowest BCUT2D eigenvalue weighted by Crippen LogP contribution is -2.43. The van der Waals surface area contributed by atoms with Gasteiger partial charge in [0.1, 0.15) is 5.82 Å². The van der Waals surface area contributed by atoms with Crippen molar-refractivity contribution in [1.82, 2.24) is 15.3 Å². The second kappa shape index (κ2) is 6.67. The highest BCUT2D eigenvalue weighted by Gasteiger charge is 2.26. The molecule has 0 aromatic carbocycles. The molecular formula is C15H18N4OS. The molecule has 1 amide bonds. The monoisotopic (exact) mass is 302 g/mol. The van der Waals surface area contributed by atoms with Crippen LogP contribution in [-0.2, 0) is 11.3 Å². The SMILES string of the molecule is O=C(NCc1cccs1)[C@H]1CCCN(c2cnccn2)C1. The molecule has 1 fully saturated rings. The molecule has 0 unspecified atom stereocenters. The molecule has 21 heavy (non-hydrogen) atoms. The molecule has 1 N–H and O–H groups in total. The van der Waals surface area contributed by atoms with E-state index in [1.165, 1.54) is 4.88 Å². The lowest BCUT2D eigenvalue weighted by atomic mass is 9.97. The zero-order chi connectivity index (χ0) is 14.5. The molecule has 1 atom stereocenters. The fourth-order valence-electron chi connectivity index (χ4n) is 2.59. The number of carbonyl (C=O) groups excluding carboxylic acids is 1. The molecule has 1 aliphatic heterocycles. The summed E-state index contributed by atoms with van der Waals surface area (Å²) >= 11 is 1.67. The van der Waals surface area contributed by atoms with E-state index in [9.17, 15) is 4.79 Å². The lowest BCUT2D eigenvalue weighted by Gasteiger charge is -2.32. The van der Waals surface area contributed by atoms with Gasteiger partial charge in [-0.2, -0.15) is 0 Å². The van der Waals surface area contributed by atoms with Gasteiger partial charge < -0.3 is 10.2 Å². The van der Waals surface area contributed by atoms with Gasteiger partial charge in [0, 0.05) is 30.4 Å². The summed E-state index contributed by atoms with van der Waals surface area (Å²) in [6, 6.07) is 4.04. The standard InChI is InChI=1S/C15H18N4OS/c20-15(18-9-13-4-2-8-21-13)12-3-1-7-19(11-12)14-10-16-5-6-17-14/h2,4-6,8,10,12H,1,3,7,9,11H2,(H,18,20)/t12-/m0/s1. The van der Waals surface area contributed by atoms with Crippen LogP contribution in [0.4, 0.5) is 5.82 Å². The summed E-state index contributed by atoms with van der Waals surface area (Å²) in [6.07, 6.45) is 7.06. The van der Waals surface area contributed by atoms with Gasteiger partial charge in [-0.05, 0) is 24.3 Å². The van der Waals surface area contributed by atoms with Crippen LogP contribution in [0.5, 0.6) is 0 Å². The first-order chi connectivity index (χ1) is 10.3. The van der Waals surface area contributed by atoms with Crippen LogP contribution in [0, 0.1) is 5.92 Å². The van der Waals surface area contributed by atoms with E-state index in [0.29, 0.717) is 6.54 Å². The van der Waals surface area contributed by atoms with E-state index in [-0.39, 0.29) is 11.8 Å². The van der Waals surface area contributed by atoms with Crippen LogP contribution >= 0.6 is 11.3 Å². The van der Waals surface area contributed by atoms with Crippen molar-refractivity contribution < 1.29 is 4.79 Å². The van der Waals surface area contributed by atoms with Crippen LogP contribution in [0.1, 0.15) is 17.7 Å². The van der Waals surface area contributed by atoms with Crippen molar-refractivity contribution in [3.8, 4) is 0 Å². The summed E-state index contributed by atoms with van der Waals surface area (Å²) < 4.78 is 0. The number of nitrogens with zero attached hydrogens (tertiary/aromatic N) is 3. The summed E-state index contributed by atoms with van der Waals surface area (Å²) in [5, 5.41) is 5.06. The average Bonchev–Trinajstić information content (AvgIpc) is 3.07. The van der Waals surface area contributed by atoms with Gasteiger partial charge in [-0.25, -0.2) is 4.98 Å². The summed E-state index contributed by atoms with van der Waals surface area (Å²) in [4.78, 5) is 24.0. The molecule has 6 heteroatoms. The first-order valence-electron chi connectivity index (χ1n) is 7.14. The molecule has 0 aliphatic carbocycles. The van der Waals surface area contributed by atoms with Gasteiger partial charge in [0.25, 0.3) is 0 Å². The molecule has 3 rings (SSSR count). The van der Waals surface area contributed by atoms with Gasteiger partial charge in [0.2, 0.25) is 5.91 Å². The average molecular weight is 302 g/mol. The molecule has 2 aromatic heterocycles. The smallest absolute Gasteiger partial charge is 0.225 e. The van der Waals surface area contributed by atoms with Gasteiger partial charge in [0.15, 0.2) is 0 Å². The van der Waals surface area contributed by atoms with E-state index in [1.54, 1.807) is 29.9 Å². The number of nitrogens with one attached hydrogen (secondary N) is 1. The van der Waals surface area contributed by atoms with E-state index >= 15 is 0 Å². The van der Waals surface area contributed by atoms with Crippen molar-refractivity contribution in [2.45, 2.75) is 19.4 Å². The van der Waals surface area contributed by atoms with Gasteiger partial charge in [-0.15, -0.1) is 11.3 Å².